The number of fused-ring (bicyclic) bond motifs is 1. The lowest BCUT2D eigenvalue weighted by molar-refractivity contribution is 0.529. The highest BCUT2D eigenvalue weighted by Crippen LogP contribution is 2.31. The molecule has 1 unspecified atom stereocenters. The molecule has 1 aliphatic carbocycles. The summed E-state index contributed by atoms with van der Waals surface area (Å²) in [5, 5.41) is 3.39. The SMILES string of the molecule is CC(Nc1ncc2ncn(C3CCCC3)c2n1)c1ccccc1. The van der Waals surface area contributed by atoms with E-state index in [0.717, 1.165) is 11.2 Å². The molecule has 1 fully saturated rings. The molecule has 0 amide bonds. The zero-order valence-corrected chi connectivity index (χ0v) is 13.3. The van der Waals surface area contributed by atoms with Crippen molar-refractivity contribution in [3.05, 3.63) is 48.4 Å². The quantitative estimate of drug-likeness (QED) is 0.788. The first-order valence-electron chi connectivity index (χ1n) is 8.32. The smallest absolute Gasteiger partial charge is 0.225 e. The second kappa shape index (κ2) is 5.99. The Bertz CT molecular complexity index is 790. The standard InChI is InChI=1S/C18H21N5/c1-13(14-7-3-2-4-8-14)21-18-19-11-16-17(22-18)23(12-20-16)15-9-5-6-10-15/h2-4,7-8,11-13,15H,5-6,9-10H2,1H3,(H,19,21,22). The van der Waals surface area contributed by atoms with Gasteiger partial charge in [-0.1, -0.05) is 43.2 Å². The van der Waals surface area contributed by atoms with Gasteiger partial charge < -0.3 is 9.88 Å². The Morgan fingerprint density at radius 2 is 1.91 bits per heavy atom. The zero-order valence-electron chi connectivity index (χ0n) is 13.3. The summed E-state index contributed by atoms with van der Waals surface area (Å²) in [6.45, 7) is 2.12. The largest absolute Gasteiger partial charge is 0.348 e. The summed E-state index contributed by atoms with van der Waals surface area (Å²) >= 11 is 0. The molecule has 0 spiro atoms. The van der Waals surface area contributed by atoms with Gasteiger partial charge in [0.2, 0.25) is 5.95 Å². The maximum absolute atomic E-state index is 4.72. The average molecular weight is 307 g/mol. The first kappa shape index (κ1) is 14.2. The van der Waals surface area contributed by atoms with Gasteiger partial charge >= 0.3 is 0 Å². The van der Waals surface area contributed by atoms with Crippen LogP contribution in [-0.2, 0) is 0 Å². The third-order valence-corrected chi connectivity index (χ3v) is 4.68. The van der Waals surface area contributed by atoms with E-state index < -0.39 is 0 Å². The van der Waals surface area contributed by atoms with E-state index in [0.29, 0.717) is 12.0 Å². The Morgan fingerprint density at radius 3 is 2.70 bits per heavy atom. The van der Waals surface area contributed by atoms with Crippen LogP contribution in [0.5, 0.6) is 0 Å². The zero-order chi connectivity index (χ0) is 15.6. The van der Waals surface area contributed by atoms with E-state index in [1.54, 1.807) is 0 Å². The van der Waals surface area contributed by atoms with Gasteiger partial charge in [0.25, 0.3) is 0 Å². The Balaban J connectivity index is 1.61. The summed E-state index contributed by atoms with van der Waals surface area (Å²) in [5.74, 6) is 0.661. The van der Waals surface area contributed by atoms with Gasteiger partial charge in [-0.15, -0.1) is 0 Å². The number of hydrogen-bond donors (Lipinski definition) is 1. The van der Waals surface area contributed by atoms with E-state index in [1.807, 2.05) is 30.7 Å². The molecule has 0 radical (unpaired) electrons. The Morgan fingerprint density at radius 1 is 1.13 bits per heavy atom. The fraction of sp³-hybridized carbons (Fsp3) is 0.389. The summed E-state index contributed by atoms with van der Waals surface area (Å²) in [4.78, 5) is 13.6. The molecule has 1 atom stereocenters. The maximum Gasteiger partial charge on any atom is 0.225 e. The van der Waals surface area contributed by atoms with Crippen LogP contribution in [0.15, 0.2) is 42.9 Å². The summed E-state index contributed by atoms with van der Waals surface area (Å²) in [5.41, 5.74) is 3.03. The molecule has 1 aromatic carbocycles. The molecule has 1 saturated carbocycles. The number of rotatable bonds is 4. The topological polar surface area (TPSA) is 55.6 Å². The van der Waals surface area contributed by atoms with Crippen LogP contribution in [0.4, 0.5) is 5.95 Å². The molecule has 2 aromatic heterocycles. The molecule has 5 nitrogen and oxygen atoms in total. The van der Waals surface area contributed by atoms with Crippen molar-refractivity contribution in [2.45, 2.75) is 44.7 Å². The minimum atomic E-state index is 0.163. The van der Waals surface area contributed by atoms with Gasteiger partial charge in [-0.3, -0.25) is 0 Å². The fourth-order valence-corrected chi connectivity index (χ4v) is 3.36. The van der Waals surface area contributed by atoms with E-state index in [4.69, 9.17) is 4.98 Å². The summed E-state index contributed by atoms with van der Waals surface area (Å²) in [6.07, 6.45) is 8.77. The predicted octanol–water partition coefficient (Wildman–Crippen LogP) is 4.11. The van der Waals surface area contributed by atoms with E-state index in [9.17, 15) is 0 Å². The van der Waals surface area contributed by atoms with Crippen molar-refractivity contribution in [3.63, 3.8) is 0 Å². The minimum Gasteiger partial charge on any atom is -0.348 e. The van der Waals surface area contributed by atoms with Crippen LogP contribution >= 0.6 is 0 Å². The monoisotopic (exact) mass is 307 g/mol. The van der Waals surface area contributed by atoms with Crippen molar-refractivity contribution in [1.82, 2.24) is 19.5 Å². The van der Waals surface area contributed by atoms with Crippen LogP contribution in [0.25, 0.3) is 11.2 Å². The first-order chi connectivity index (χ1) is 11.3. The van der Waals surface area contributed by atoms with Crippen LogP contribution in [0.1, 0.15) is 50.3 Å². The van der Waals surface area contributed by atoms with E-state index in [1.165, 1.54) is 31.2 Å². The van der Waals surface area contributed by atoms with E-state index in [2.05, 4.69) is 38.9 Å². The second-order valence-corrected chi connectivity index (χ2v) is 6.27. The highest BCUT2D eigenvalue weighted by atomic mass is 15.2. The number of nitrogens with zero attached hydrogens (tertiary/aromatic N) is 4. The molecule has 1 N–H and O–H groups in total. The Kier molecular flexibility index (Phi) is 3.69. The van der Waals surface area contributed by atoms with Crippen molar-refractivity contribution in [2.75, 3.05) is 5.32 Å². The number of imidazole rings is 1. The molecule has 4 rings (SSSR count). The maximum atomic E-state index is 4.72. The van der Waals surface area contributed by atoms with Crippen LogP contribution in [0.3, 0.4) is 0 Å². The summed E-state index contributed by atoms with van der Waals surface area (Å²) in [7, 11) is 0. The molecular weight excluding hydrogens is 286 g/mol. The number of hydrogen-bond acceptors (Lipinski definition) is 4. The van der Waals surface area contributed by atoms with Gasteiger partial charge in [-0.05, 0) is 25.3 Å². The van der Waals surface area contributed by atoms with Crippen LogP contribution < -0.4 is 5.32 Å². The molecule has 23 heavy (non-hydrogen) atoms. The lowest BCUT2D eigenvalue weighted by atomic mass is 10.1. The molecular formula is C18H21N5. The number of benzene rings is 1. The van der Waals surface area contributed by atoms with Crippen LogP contribution in [0.2, 0.25) is 0 Å². The Hall–Kier alpha value is -2.43. The number of nitrogens with one attached hydrogen (secondary N) is 1. The normalized spacial score (nSPS) is 16.7. The minimum absolute atomic E-state index is 0.163. The summed E-state index contributed by atoms with van der Waals surface area (Å²) in [6, 6.07) is 11.0. The van der Waals surface area contributed by atoms with Gasteiger partial charge in [0.05, 0.1) is 18.6 Å². The van der Waals surface area contributed by atoms with Gasteiger partial charge in [0, 0.05) is 6.04 Å². The molecule has 0 bridgehead atoms. The van der Waals surface area contributed by atoms with E-state index in [-0.39, 0.29) is 6.04 Å². The molecule has 2 heterocycles. The molecule has 0 aliphatic heterocycles. The molecule has 5 heteroatoms. The molecule has 1 aliphatic rings. The van der Waals surface area contributed by atoms with Crippen molar-refractivity contribution < 1.29 is 0 Å². The summed E-state index contributed by atoms with van der Waals surface area (Å²) < 4.78 is 2.22. The van der Waals surface area contributed by atoms with Gasteiger partial charge in [0.15, 0.2) is 5.65 Å². The lowest BCUT2D eigenvalue weighted by Crippen LogP contribution is -2.10. The molecule has 0 saturated heterocycles. The van der Waals surface area contributed by atoms with Crippen molar-refractivity contribution >= 4 is 17.1 Å². The predicted molar refractivity (Wildman–Crippen MR) is 91.3 cm³/mol. The highest BCUT2D eigenvalue weighted by molar-refractivity contribution is 5.71. The van der Waals surface area contributed by atoms with Crippen molar-refractivity contribution in [1.29, 1.82) is 0 Å². The van der Waals surface area contributed by atoms with Gasteiger partial charge in [-0.25, -0.2) is 9.97 Å². The fourth-order valence-electron chi connectivity index (χ4n) is 3.36. The first-order valence-corrected chi connectivity index (χ1v) is 8.32. The molecule has 3 aromatic rings. The number of aromatic nitrogens is 4. The molecule has 118 valence electrons. The van der Waals surface area contributed by atoms with Gasteiger partial charge in [-0.2, -0.15) is 4.98 Å². The number of anilines is 1. The third-order valence-electron chi connectivity index (χ3n) is 4.68. The average Bonchev–Trinajstić information content (AvgIpc) is 3.24. The second-order valence-electron chi connectivity index (χ2n) is 6.27. The van der Waals surface area contributed by atoms with Crippen LogP contribution in [-0.4, -0.2) is 19.5 Å². The van der Waals surface area contributed by atoms with Gasteiger partial charge in [0.1, 0.15) is 5.52 Å². The Labute approximate surface area is 135 Å². The van der Waals surface area contributed by atoms with E-state index >= 15 is 0 Å². The van der Waals surface area contributed by atoms with Crippen LogP contribution in [0, 0.1) is 0 Å². The highest BCUT2D eigenvalue weighted by Gasteiger charge is 2.20. The lowest BCUT2D eigenvalue weighted by Gasteiger charge is -2.15. The van der Waals surface area contributed by atoms with Crippen molar-refractivity contribution in [2.24, 2.45) is 0 Å². The third kappa shape index (κ3) is 2.79. The van der Waals surface area contributed by atoms with Crippen molar-refractivity contribution in [3.8, 4) is 0 Å².